The van der Waals surface area contributed by atoms with E-state index in [2.05, 4.69) is 0 Å². The second kappa shape index (κ2) is 9.36. The second-order valence-corrected chi connectivity index (χ2v) is 5.77. The van der Waals surface area contributed by atoms with E-state index in [9.17, 15) is 39.5 Å². The van der Waals surface area contributed by atoms with Gasteiger partial charge in [0.15, 0.2) is 13.0 Å². The Morgan fingerprint density at radius 1 is 0.923 bits per heavy atom. The molecule has 0 radical (unpaired) electrons. The SMILES string of the molecule is FCN(c1cc(F)ccc1F)C(F)(F)C(F)CCCCCCC(F)(F)F. The van der Waals surface area contributed by atoms with Gasteiger partial charge in [-0.05, 0) is 25.0 Å². The number of benzene rings is 1. The first-order valence-corrected chi connectivity index (χ1v) is 7.86. The van der Waals surface area contributed by atoms with Gasteiger partial charge in [0.2, 0.25) is 0 Å². The maximum absolute atomic E-state index is 14.1. The van der Waals surface area contributed by atoms with Gasteiger partial charge in [-0.1, -0.05) is 19.3 Å². The highest BCUT2D eigenvalue weighted by atomic mass is 19.4. The highest BCUT2D eigenvalue weighted by Gasteiger charge is 2.47. The predicted molar refractivity (Wildman–Crippen MR) is 78.4 cm³/mol. The van der Waals surface area contributed by atoms with Crippen molar-refractivity contribution in [2.24, 2.45) is 0 Å². The van der Waals surface area contributed by atoms with Gasteiger partial charge in [-0.2, -0.15) is 22.0 Å². The molecule has 150 valence electrons. The maximum atomic E-state index is 14.1. The molecule has 0 aliphatic heterocycles. The molecule has 0 N–H and O–H groups in total. The number of unbranched alkanes of at least 4 members (excludes halogenated alkanes) is 3. The standard InChI is InChI=1S/C16H18F9N/c17-10-26(13-9-11(18)6-7-12(13)19)16(24,25)14(20)5-3-1-2-4-8-15(21,22)23/h6-7,9,14H,1-5,8,10H2. The number of rotatable bonds is 10. The smallest absolute Gasteiger partial charge is 0.280 e. The number of alkyl halides is 7. The molecule has 0 heterocycles. The van der Waals surface area contributed by atoms with Gasteiger partial charge in [0.1, 0.15) is 11.6 Å². The third-order valence-corrected chi connectivity index (χ3v) is 3.72. The molecule has 0 aromatic heterocycles. The summed E-state index contributed by atoms with van der Waals surface area (Å²) in [5.41, 5.74) is -1.12. The number of nitrogens with zero attached hydrogens (tertiary/aromatic N) is 1. The van der Waals surface area contributed by atoms with E-state index in [4.69, 9.17) is 0 Å². The van der Waals surface area contributed by atoms with E-state index in [1.807, 2.05) is 0 Å². The van der Waals surface area contributed by atoms with Crippen LogP contribution in [0.4, 0.5) is 45.2 Å². The van der Waals surface area contributed by atoms with Crippen LogP contribution in [0.15, 0.2) is 18.2 Å². The lowest BCUT2D eigenvalue weighted by atomic mass is 10.1. The largest absolute Gasteiger partial charge is 0.389 e. The summed E-state index contributed by atoms with van der Waals surface area (Å²) in [7, 11) is 0. The Hall–Kier alpha value is -1.61. The van der Waals surface area contributed by atoms with Crippen molar-refractivity contribution in [1.29, 1.82) is 0 Å². The molecular weight excluding hydrogens is 377 g/mol. The third-order valence-electron chi connectivity index (χ3n) is 3.72. The number of hydrogen-bond donors (Lipinski definition) is 0. The minimum atomic E-state index is -4.45. The summed E-state index contributed by atoms with van der Waals surface area (Å²) >= 11 is 0. The zero-order valence-electron chi connectivity index (χ0n) is 13.6. The van der Waals surface area contributed by atoms with E-state index in [1.54, 1.807) is 0 Å². The van der Waals surface area contributed by atoms with Crippen LogP contribution in [0.25, 0.3) is 0 Å². The molecule has 1 aromatic carbocycles. The molecule has 0 aliphatic carbocycles. The summed E-state index contributed by atoms with van der Waals surface area (Å²) in [4.78, 5) is -0.514. The molecule has 1 unspecified atom stereocenters. The molecular formula is C16H18F9N. The van der Waals surface area contributed by atoms with Gasteiger partial charge < -0.3 is 0 Å². The molecule has 1 nitrogen and oxygen atoms in total. The molecule has 0 saturated heterocycles. The van der Waals surface area contributed by atoms with Crippen LogP contribution in [0.2, 0.25) is 0 Å². The van der Waals surface area contributed by atoms with Crippen molar-refractivity contribution in [3.05, 3.63) is 29.8 Å². The van der Waals surface area contributed by atoms with Crippen molar-refractivity contribution >= 4 is 5.69 Å². The summed E-state index contributed by atoms with van der Waals surface area (Å²) in [6.45, 7) is -1.96. The Morgan fingerprint density at radius 3 is 2.12 bits per heavy atom. The molecule has 0 bridgehead atoms. The van der Waals surface area contributed by atoms with E-state index in [0.29, 0.717) is 18.2 Å². The molecule has 1 rings (SSSR count). The quantitative estimate of drug-likeness (QED) is 0.247. The predicted octanol–water partition coefficient (Wildman–Crippen LogP) is 6.53. The van der Waals surface area contributed by atoms with Gasteiger partial charge in [0.05, 0.1) is 5.69 Å². The van der Waals surface area contributed by atoms with Gasteiger partial charge in [0, 0.05) is 12.5 Å². The first kappa shape index (κ1) is 22.4. The lowest BCUT2D eigenvalue weighted by molar-refractivity contribution is -0.135. The van der Waals surface area contributed by atoms with Gasteiger partial charge in [-0.3, -0.25) is 4.90 Å². The molecule has 10 heteroatoms. The molecule has 0 spiro atoms. The highest BCUT2D eigenvalue weighted by Crippen LogP contribution is 2.35. The molecule has 0 aliphatic rings. The van der Waals surface area contributed by atoms with E-state index in [1.165, 1.54) is 0 Å². The summed E-state index contributed by atoms with van der Waals surface area (Å²) in [6.07, 6.45) is -9.19. The lowest BCUT2D eigenvalue weighted by Crippen LogP contribution is -2.49. The van der Waals surface area contributed by atoms with Crippen LogP contribution in [-0.2, 0) is 0 Å². The summed E-state index contributed by atoms with van der Waals surface area (Å²) < 4.78 is 118. The first-order valence-electron chi connectivity index (χ1n) is 7.86. The minimum Gasteiger partial charge on any atom is -0.280 e. The van der Waals surface area contributed by atoms with E-state index in [0.717, 1.165) is 0 Å². The average Bonchev–Trinajstić information content (AvgIpc) is 2.53. The van der Waals surface area contributed by atoms with Crippen molar-refractivity contribution in [3.8, 4) is 0 Å². The lowest BCUT2D eigenvalue weighted by Gasteiger charge is -2.33. The van der Waals surface area contributed by atoms with Gasteiger partial charge >= 0.3 is 12.2 Å². The van der Waals surface area contributed by atoms with Crippen molar-refractivity contribution in [3.63, 3.8) is 0 Å². The fourth-order valence-corrected chi connectivity index (χ4v) is 2.34. The fraction of sp³-hybridized carbons (Fsp3) is 0.625. The van der Waals surface area contributed by atoms with Crippen LogP contribution in [0, 0.1) is 11.6 Å². The van der Waals surface area contributed by atoms with Crippen LogP contribution in [0.5, 0.6) is 0 Å². The van der Waals surface area contributed by atoms with Gasteiger partial charge in [-0.25, -0.2) is 17.6 Å². The number of anilines is 1. The minimum absolute atomic E-state index is 0.0726. The Labute approximate surface area is 144 Å². The zero-order chi connectivity index (χ0) is 20.0. The topological polar surface area (TPSA) is 3.24 Å². The number of halogens is 9. The summed E-state index contributed by atoms with van der Waals surface area (Å²) in [5, 5.41) is 0. The molecule has 1 aromatic rings. The zero-order valence-corrected chi connectivity index (χ0v) is 13.6. The Bertz CT molecular complexity index is 559. The van der Waals surface area contributed by atoms with Crippen molar-refractivity contribution in [2.75, 3.05) is 11.7 Å². The van der Waals surface area contributed by atoms with Crippen molar-refractivity contribution in [1.82, 2.24) is 0 Å². The normalized spacial score (nSPS) is 13.7. The monoisotopic (exact) mass is 395 g/mol. The molecule has 0 fully saturated rings. The van der Waals surface area contributed by atoms with Gasteiger partial charge in [-0.15, -0.1) is 0 Å². The Morgan fingerprint density at radius 2 is 1.54 bits per heavy atom. The van der Waals surface area contributed by atoms with Crippen molar-refractivity contribution in [2.45, 2.75) is 56.9 Å². The maximum Gasteiger partial charge on any atom is 0.389 e. The van der Waals surface area contributed by atoms with E-state index < -0.39 is 60.3 Å². The van der Waals surface area contributed by atoms with Crippen LogP contribution >= 0.6 is 0 Å². The average molecular weight is 395 g/mol. The molecule has 26 heavy (non-hydrogen) atoms. The van der Waals surface area contributed by atoms with Crippen LogP contribution in [-0.4, -0.2) is 25.2 Å². The Balaban J connectivity index is 2.62. The van der Waals surface area contributed by atoms with Crippen LogP contribution < -0.4 is 4.90 Å². The van der Waals surface area contributed by atoms with E-state index in [-0.39, 0.29) is 25.7 Å². The van der Waals surface area contributed by atoms with E-state index >= 15 is 0 Å². The fourth-order valence-electron chi connectivity index (χ4n) is 2.34. The second-order valence-electron chi connectivity index (χ2n) is 5.77. The number of hydrogen-bond acceptors (Lipinski definition) is 1. The molecule has 0 saturated carbocycles. The van der Waals surface area contributed by atoms with Crippen LogP contribution in [0.3, 0.4) is 0 Å². The Kier molecular flexibility index (Phi) is 8.08. The molecule has 1 atom stereocenters. The van der Waals surface area contributed by atoms with Crippen molar-refractivity contribution < 1.29 is 39.5 Å². The summed E-state index contributed by atoms with van der Waals surface area (Å²) in [5.74, 6) is -2.45. The van der Waals surface area contributed by atoms with Crippen LogP contribution in [0.1, 0.15) is 38.5 Å². The third kappa shape index (κ3) is 6.60. The van der Waals surface area contributed by atoms with Gasteiger partial charge in [0.25, 0.3) is 0 Å². The molecule has 0 amide bonds. The summed E-state index contributed by atoms with van der Waals surface area (Å²) in [6, 6.07) is -2.97. The first-order chi connectivity index (χ1) is 12.0. The highest BCUT2D eigenvalue weighted by molar-refractivity contribution is 5.49.